The zero-order chi connectivity index (χ0) is 23.2. The van der Waals surface area contributed by atoms with Gasteiger partial charge in [-0.2, -0.15) is 4.98 Å². The van der Waals surface area contributed by atoms with Gasteiger partial charge in [0, 0.05) is 50.7 Å². The Morgan fingerprint density at radius 1 is 1.06 bits per heavy atom. The molecule has 0 saturated carbocycles. The summed E-state index contributed by atoms with van der Waals surface area (Å²) in [4.78, 5) is 33.0. The van der Waals surface area contributed by atoms with Gasteiger partial charge in [0.1, 0.15) is 5.76 Å². The number of hydrogen-bond acceptors (Lipinski definition) is 8. The molecule has 4 rings (SSSR count). The average Bonchev–Trinajstić information content (AvgIpc) is 3.47. The summed E-state index contributed by atoms with van der Waals surface area (Å²) in [6.07, 6.45) is 1.69. The van der Waals surface area contributed by atoms with Crippen LogP contribution in [0.25, 0.3) is 11.4 Å². The van der Waals surface area contributed by atoms with Crippen molar-refractivity contribution >= 4 is 17.6 Å². The smallest absolute Gasteiger partial charge is 0.239 e. The molecule has 1 N–H and O–H groups in total. The van der Waals surface area contributed by atoms with Crippen LogP contribution >= 0.6 is 0 Å². The number of carbonyl (C=O) groups excluding carboxylic acids is 2. The number of amides is 2. The number of aromatic nitrogens is 3. The second kappa shape index (κ2) is 10.4. The Bertz CT molecular complexity index is 1080. The molecule has 10 nitrogen and oxygen atoms in total. The second-order valence-corrected chi connectivity index (χ2v) is 8.09. The number of rotatable bonds is 8. The Labute approximate surface area is 191 Å². The zero-order valence-electron chi connectivity index (χ0n) is 18.9. The Hall–Kier alpha value is -3.53. The Morgan fingerprint density at radius 3 is 2.48 bits per heavy atom. The fourth-order valence-corrected chi connectivity index (χ4v) is 3.70. The summed E-state index contributed by atoms with van der Waals surface area (Å²) in [5.41, 5.74) is 2.14. The molecule has 3 heterocycles. The van der Waals surface area contributed by atoms with Crippen molar-refractivity contribution in [3.05, 3.63) is 47.5 Å². The van der Waals surface area contributed by atoms with Crippen LogP contribution < -0.4 is 5.32 Å². The third-order valence-electron chi connectivity index (χ3n) is 5.63. The molecule has 1 aromatic carbocycles. The number of anilines is 1. The molecule has 10 heteroatoms. The Morgan fingerprint density at radius 2 is 1.82 bits per heavy atom. The number of aryl methyl sites for hydroxylation is 3. The van der Waals surface area contributed by atoms with E-state index in [1.54, 1.807) is 13.0 Å². The van der Waals surface area contributed by atoms with Crippen molar-refractivity contribution in [3.8, 4) is 11.4 Å². The van der Waals surface area contributed by atoms with Crippen LogP contribution in [0.15, 0.2) is 39.4 Å². The molecule has 1 fully saturated rings. The third-order valence-corrected chi connectivity index (χ3v) is 5.63. The molecule has 0 spiro atoms. The summed E-state index contributed by atoms with van der Waals surface area (Å²) in [5, 5.41) is 10.5. The minimum absolute atomic E-state index is 0.0456. The van der Waals surface area contributed by atoms with Gasteiger partial charge in [-0.1, -0.05) is 41.5 Å². The van der Waals surface area contributed by atoms with E-state index in [1.165, 1.54) is 5.56 Å². The number of benzene rings is 1. The number of nitrogens with one attached hydrogen (secondary N) is 1. The molecular weight excluding hydrogens is 424 g/mol. The molecular formula is C23H28N6O4. The predicted octanol–water partition coefficient (Wildman–Crippen LogP) is 2.31. The average molecular weight is 453 g/mol. The first kappa shape index (κ1) is 22.7. The SMILES string of the molecule is CCc1ccc(-c2noc(CCC(=O)N3CCN(CC(=O)Nc4cc(C)on4)CC3)n2)cc1. The maximum Gasteiger partial charge on any atom is 0.239 e. The lowest BCUT2D eigenvalue weighted by Gasteiger charge is -2.34. The van der Waals surface area contributed by atoms with Crippen molar-refractivity contribution < 1.29 is 18.6 Å². The highest BCUT2D eigenvalue weighted by atomic mass is 16.5. The monoisotopic (exact) mass is 452 g/mol. The third kappa shape index (κ3) is 6.04. The fourth-order valence-electron chi connectivity index (χ4n) is 3.70. The standard InChI is InChI=1S/C23H28N6O4/c1-3-17-4-6-18(7-5-17)23-25-21(33-27-23)8-9-22(31)29-12-10-28(11-13-29)15-20(30)24-19-14-16(2)32-26-19/h4-7,14H,3,8-13,15H2,1-2H3,(H,24,26,30). The van der Waals surface area contributed by atoms with Crippen LogP contribution in [-0.4, -0.2) is 69.6 Å². The van der Waals surface area contributed by atoms with E-state index in [0.717, 1.165) is 12.0 Å². The van der Waals surface area contributed by atoms with E-state index < -0.39 is 0 Å². The predicted molar refractivity (Wildman–Crippen MR) is 120 cm³/mol. The second-order valence-electron chi connectivity index (χ2n) is 8.09. The van der Waals surface area contributed by atoms with E-state index in [1.807, 2.05) is 34.1 Å². The van der Waals surface area contributed by atoms with Gasteiger partial charge in [0.05, 0.1) is 6.54 Å². The van der Waals surface area contributed by atoms with Gasteiger partial charge >= 0.3 is 0 Å². The van der Waals surface area contributed by atoms with Crippen LogP contribution in [0.1, 0.15) is 30.6 Å². The topological polar surface area (TPSA) is 118 Å². The lowest BCUT2D eigenvalue weighted by Crippen LogP contribution is -2.50. The van der Waals surface area contributed by atoms with Crippen molar-refractivity contribution in [1.82, 2.24) is 25.1 Å². The quantitative estimate of drug-likeness (QED) is 0.553. The first-order valence-corrected chi connectivity index (χ1v) is 11.2. The summed E-state index contributed by atoms with van der Waals surface area (Å²) in [6, 6.07) is 9.72. The first-order chi connectivity index (χ1) is 16.0. The van der Waals surface area contributed by atoms with E-state index in [0.29, 0.717) is 62.3 Å². The number of hydrogen-bond donors (Lipinski definition) is 1. The molecule has 0 radical (unpaired) electrons. The van der Waals surface area contributed by atoms with Gasteiger partial charge in [-0.25, -0.2) is 0 Å². The maximum absolute atomic E-state index is 12.6. The Kier molecular flexibility index (Phi) is 7.13. The van der Waals surface area contributed by atoms with Crippen molar-refractivity contribution in [1.29, 1.82) is 0 Å². The minimum atomic E-state index is -0.153. The minimum Gasteiger partial charge on any atom is -0.360 e. The summed E-state index contributed by atoms with van der Waals surface area (Å²) in [7, 11) is 0. The molecule has 1 aliphatic rings. The van der Waals surface area contributed by atoms with Gasteiger partial charge in [0.25, 0.3) is 0 Å². The lowest BCUT2D eigenvalue weighted by molar-refractivity contribution is -0.133. The van der Waals surface area contributed by atoms with Gasteiger partial charge < -0.3 is 19.3 Å². The first-order valence-electron chi connectivity index (χ1n) is 11.2. The normalized spacial score (nSPS) is 14.4. The van der Waals surface area contributed by atoms with Crippen LogP contribution in [0, 0.1) is 6.92 Å². The number of carbonyl (C=O) groups is 2. The van der Waals surface area contributed by atoms with Crippen molar-refractivity contribution in [3.63, 3.8) is 0 Å². The Balaban J connectivity index is 1.19. The molecule has 1 saturated heterocycles. The van der Waals surface area contributed by atoms with Crippen LogP contribution in [0.4, 0.5) is 5.82 Å². The molecule has 0 atom stereocenters. The summed E-state index contributed by atoms with van der Waals surface area (Å²) in [6.45, 7) is 6.54. The molecule has 3 aromatic rings. The molecule has 0 unspecified atom stereocenters. The number of piperazine rings is 1. The fraction of sp³-hybridized carbons (Fsp3) is 0.435. The summed E-state index contributed by atoms with van der Waals surface area (Å²) < 4.78 is 10.3. The van der Waals surface area contributed by atoms with Gasteiger partial charge in [-0.15, -0.1) is 0 Å². The van der Waals surface area contributed by atoms with Crippen molar-refractivity contribution in [2.45, 2.75) is 33.1 Å². The summed E-state index contributed by atoms with van der Waals surface area (Å²) >= 11 is 0. The molecule has 2 amide bonds. The van der Waals surface area contributed by atoms with E-state index >= 15 is 0 Å². The zero-order valence-corrected chi connectivity index (χ0v) is 18.9. The molecule has 0 aliphatic carbocycles. The lowest BCUT2D eigenvalue weighted by atomic mass is 10.1. The molecule has 174 valence electrons. The van der Waals surface area contributed by atoms with E-state index in [-0.39, 0.29) is 18.4 Å². The molecule has 0 bridgehead atoms. The van der Waals surface area contributed by atoms with Crippen LogP contribution in [0.5, 0.6) is 0 Å². The summed E-state index contributed by atoms with van der Waals surface area (Å²) in [5.74, 6) is 1.93. The van der Waals surface area contributed by atoms with Crippen LogP contribution in [0.3, 0.4) is 0 Å². The maximum atomic E-state index is 12.6. The molecule has 1 aliphatic heterocycles. The van der Waals surface area contributed by atoms with Crippen LogP contribution in [0.2, 0.25) is 0 Å². The van der Waals surface area contributed by atoms with Gasteiger partial charge in [-0.05, 0) is 18.9 Å². The van der Waals surface area contributed by atoms with Gasteiger partial charge in [0.15, 0.2) is 5.82 Å². The van der Waals surface area contributed by atoms with Gasteiger partial charge in [0.2, 0.25) is 23.5 Å². The van der Waals surface area contributed by atoms with E-state index in [2.05, 4.69) is 27.5 Å². The van der Waals surface area contributed by atoms with E-state index in [9.17, 15) is 9.59 Å². The molecule has 2 aromatic heterocycles. The largest absolute Gasteiger partial charge is 0.360 e. The highest BCUT2D eigenvalue weighted by Crippen LogP contribution is 2.18. The van der Waals surface area contributed by atoms with Crippen molar-refractivity contribution in [2.24, 2.45) is 0 Å². The highest BCUT2D eigenvalue weighted by molar-refractivity contribution is 5.91. The highest BCUT2D eigenvalue weighted by Gasteiger charge is 2.23. The van der Waals surface area contributed by atoms with Crippen molar-refractivity contribution in [2.75, 3.05) is 38.0 Å². The molecule has 33 heavy (non-hydrogen) atoms. The van der Waals surface area contributed by atoms with E-state index in [4.69, 9.17) is 9.05 Å². The van der Waals surface area contributed by atoms with Crippen LogP contribution in [-0.2, 0) is 22.4 Å². The number of nitrogens with zero attached hydrogens (tertiary/aromatic N) is 5. The van der Waals surface area contributed by atoms with Gasteiger partial charge in [-0.3, -0.25) is 14.5 Å².